The standard InChI is InChI=1S/C12H16/c1-9-7-8-11-5-3-4-6-12(11)10(9)2/h4,6,10H,1,3,5,7-8H2,2H3. The minimum Gasteiger partial charge on any atom is -0.0992 e. The van der Waals surface area contributed by atoms with E-state index in [2.05, 4.69) is 25.7 Å². The second-order valence-corrected chi connectivity index (χ2v) is 3.88. The van der Waals surface area contributed by atoms with E-state index in [-0.39, 0.29) is 0 Å². The van der Waals surface area contributed by atoms with Gasteiger partial charge in [0.2, 0.25) is 0 Å². The van der Waals surface area contributed by atoms with Gasteiger partial charge in [-0.25, -0.2) is 0 Å². The average Bonchev–Trinajstić information content (AvgIpc) is 2.12. The Morgan fingerprint density at radius 2 is 2.17 bits per heavy atom. The van der Waals surface area contributed by atoms with Crippen LogP contribution >= 0.6 is 0 Å². The maximum Gasteiger partial charge on any atom is 0.00166 e. The zero-order chi connectivity index (χ0) is 8.55. The van der Waals surface area contributed by atoms with Crippen molar-refractivity contribution in [2.24, 2.45) is 5.92 Å². The molecule has 2 rings (SSSR count). The van der Waals surface area contributed by atoms with Crippen molar-refractivity contribution >= 4 is 0 Å². The molecule has 0 amide bonds. The predicted octanol–water partition coefficient (Wildman–Crippen LogP) is 3.62. The summed E-state index contributed by atoms with van der Waals surface area (Å²) in [4.78, 5) is 0. The van der Waals surface area contributed by atoms with Gasteiger partial charge in [0.1, 0.15) is 0 Å². The van der Waals surface area contributed by atoms with Gasteiger partial charge >= 0.3 is 0 Å². The van der Waals surface area contributed by atoms with E-state index in [0.29, 0.717) is 5.92 Å². The Balaban J connectivity index is 2.34. The summed E-state index contributed by atoms with van der Waals surface area (Å²) >= 11 is 0. The van der Waals surface area contributed by atoms with Gasteiger partial charge in [0.15, 0.2) is 0 Å². The van der Waals surface area contributed by atoms with Crippen molar-refractivity contribution in [1.82, 2.24) is 0 Å². The Labute approximate surface area is 74.7 Å². The lowest BCUT2D eigenvalue weighted by Crippen LogP contribution is -2.12. The van der Waals surface area contributed by atoms with Crippen LogP contribution in [-0.2, 0) is 0 Å². The molecule has 2 aliphatic carbocycles. The van der Waals surface area contributed by atoms with Crippen LogP contribution in [0.15, 0.2) is 35.5 Å². The van der Waals surface area contributed by atoms with Gasteiger partial charge in [-0.3, -0.25) is 0 Å². The van der Waals surface area contributed by atoms with Crippen LogP contribution in [0.25, 0.3) is 0 Å². The van der Waals surface area contributed by atoms with Crippen molar-refractivity contribution in [3.05, 3.63) is 35.5 Å². The smallest absolute Gasteiger partial charge is 0.00166 e. The van der Waals surface area contributed by atoms with Crippen LogP contribution in [0, 0.1) is 5.92 Å². The van der Waals surface area contributed by atoms with E-state index in [1.807, 2.05) is 0 Å². The number of hydrogen-bond acceptors (Lipinski definition) is 0. The zero-order valence-corrected chi connectivity index (χ0v) is 7.77. The molecule has 0 aliphatic heterocycles. The third kappa shape index (κ3) is 1.16. The normalized spacial score (nSPS) is 29.1. The van der Waals surface area contributed by atoms with Crippen LogP contribution in [0.5, 0.6) is 0 Å². The first-order valence-electron chi connectivity index (χ1n) is 4.85. The molecule has 0 N–H and O–H groups in total. The molecular formula is C12H16. The highest BCUT2D eigenvalue weighted by Gasteiger charge is 2.21. The van der Waals surface area contributed by atoms with Crippen molar-refractivity contribution in [3.8, 4) is 0 Å². The van der Waals surface area contributed by atoms with Crippen molar-refractivity contribution < 1.29 is 0 Å². The largest absolute Gasteiger partial charge is 0.0992 e. The molecule has 0 saturated carbocycles. The summed E-state index contributed by atoms with van der Waals surface area (Å²) in [5.41, 5.74) is 4.68. The minimum absolute atomic E-state index is 0.616. The van der Waals surface area contributed by atoms with Crippen molar-refractivity contribution in [2.75, 3.05) is 0 Å². The quantitative estimate of drug-likeness (QED) is 0.475. The summed E-state index contributed by atoms with van der Waals surface area (Å²) in [5, 5.41) is 0. The third-order valence-corrected chi connectivity index (χ3v) is 3.15. The predicted molar refractivity (Wildman–Crippen MR) is 52.9 cm³/mol. The SMILES string of the molecule is C=C1CCC2=C(C=CCC2)C1C. The molecule has 0 heteroatoms. The molecule has 1 unspecified atom stereocenters. The summed E-state index contributed by atoms with van der Waals surface area (Å²) in [6, 6.07) is 0. The number of rotatable bonds is 0. The van der Waals surface area contributed by atoms with E-state index in [4.69, 9.17) is 0 Å². The van der Waals surface area contributed by atoms with Gasteiger partial charge in [-0.05, 0) is 31.3 Å². The number of hydrogen-bond donors (Lipinski definition) is 0. The molecule has 0 bridgehead atoms. The monoisotopic (exact) mass is 160 g/mol. The van der Waals surface area contributed by atoms with Gasteiger partial charge in [0.25, 0.3) is 0 Å². The summed E-state index contributed by atoms with van der Waals surface area (Å²) in [6.45, 7) is 6.40. The van der Waals surface area contributed by atoms with E-state index < -0.39 is 0 Å². The Morgan fingerprint density at radius 1 is 1.33 bits per heavy atom. The molecule has 0 nitrogen and oxygen atoms in total. The molecule has 0 saturated heterocycles. The first-order chi connectivity index (χ1) is 5.79. The second-order valence-electron chi connectivity index (χ2n) is 3.88. The maximum absolute atomic E-state index is 4.12. The van der Waals surface area contributed by atoms with Gasteiger partial charge in [0, 0.05) is 5.92 Å². The molecule has 0 aromatic heterocycles. The second kappa shape index (κ2) is 2.93. The average molecular weight is 160 g/mol. The van der Waals surface area contributed by atoms with E-state index in [0.717, 1.165) is 0 Å². The Morgan fingerprint density at radius 3 is 3.00 bits per heavy atom. The van der Waals surface area contributed by atoms with Crippen LogP contribution in [0.2, 0.25) is 0 Å². The van der Waals surface area contributed by atoms with Gasteiger partial charge < -0.3 is 0 Å². The van der Waals surface area contributed by atoms with E-state index in [1.54, 1.807) is 11.1 Å². The van der Waals surface area contributed by atoms with Gasteiger partial charge in [-0.1, -0.05) is 36.8 Å². The lowest BCUT2D eigenvalue weighted by Gasteiger charge is -2.28. The fraction of sp³-hybridized carbons (Fsp3) is 0.500. The highest BCUT2D eigenvalue weighted by molar-refractivity contribution is 5.38. The molecule has 0 aromatic rings. The third-order valence-electron chi connectivity index (χ3n) is 3.15. The summed E-state index contributed by atoms with van der Waals surface area (Å²) < 4.78 is 0. The first-order valence-corrected chi connectivity index (χ1v) is 4.85. The Hall–Kier alpha value is -0.780. The Bertz CT molecular complexity index is 266. The maximum atomic E-state index is 4.12. The van der Waals surface area contributed by atoms with E-state index in [1.165, 1.54) is 31.3 Å². The molecule has 2 aliphatic rings. The molecule has 0 radical (unpaired) electrons. The van der Waals surface area contributed by atoms with Gasteiger partial charge in [-0.15, -0.1) is 0 Å². The lowest BCUT2D eigenvalue weighted by atomic mass is 9.77. The molecule has 0 fully saturated rings. The van der Waals surface area contributed by atoms with Crippen molar-refractivity contribution in [2.45, 2.75) is 32.6 Å². The highest BCUT2D eigenvalue weighted by atomic mass is 14.3. The van der Waals surface area contributed by atoms with E-state index >= 15 is 0 Å². The fourth-order valence-corrected chi connectivity index (χ4v) is 2.20. The molecule has 12 heavy (non-hydrogen) atoms. The molecule has 64 valence electrons. The number of allylic oxidation sites excluding steroid dienone is 5. The minimum atomic E-state index is 0.616. The fourth-order valence-electron chi connectivity index (χ4n) is 2.20. The molecule has 1 atom stereocenters. The molecule has 0 aromatic carbocycles. The first kappa shape index (κ1) is 7.85. The van der Waals surface area contributed by atoms with Crippen LogP contribution < -0.4 is 0 Å². The van der Waals surface area contributed by atoms with Gasteiger partial charge in [-0.2, -0.15) is 0 Å². The highest BCUT2D eigenvalue weighted by Crippen LogP contribution is 2.37. The van der Waals surface area contributed by atoms with E-state index in [9.17, 15) is 0 Å². The summed E-state index contributed by atoms with van der Waals surface area (Å²) in [6.07, 6.45) is 9.64. The van der Waals surface area contributed by atoms with Crippen LogP contribution in [-0.4, -0.2) is 0 Å². The van der Waals surface area contributed by atoms with Crippen molar-refractivity contribution in [3.63, 3.8) is 0 Å². The molecule has 0 spiro atoms. The van der Waals surface area contributed by atoms with Crippen LogP contribution in [0.1, 0.15) is 32.6 Å². The van der Waals surface area contributed by atoms with Gasteiger partial charge in [0.05, 0.1) is 0 Å². The zero-order valence-electron chi connectivity index (χ0n) is 7.77. The summed E-state index contributed by atoms with van der Waals surface area (Å²) in [7, 11) is 0. The summed E-state index contributed by atoms with van der Waals surface area (Å²) in [5.74, 6) is 0.616. The van der Waals surface area contributed by atoms with Crippen molar-refractivity contribution in [1.29, 1.82) is 0 Å². The van der Waals surface area contributed by atoms with Crippen LogP contribution in [0.4, 0.5) is 0 Å². The lowest BCUT2D eigenvalue weighted by molar-refractivity contribution is 0.659. The molecule has 0 heterocycles. The van der Waals surface area contributed by atoms with Crippen LogP contribution in [0.3, 0.4) is 0 Å². The Kier molecular flexibility index (Phi) is 1.92. The topological polar surface area (TPSA) is 0 Å². The molecular weight excluding hydrogens is 144 g/mol.